The molecule has 1 aliphatic heterocycles. The number of sulfonamides is 1. The minimum atomic E-state index is -3.68. The van der Waals surface area contributed by atoms with Gasteiger partial charge in [0.2, 0.25) is 15.6 Å². The largest absolute Gasteiger partial charge is 0.352 e. The van der Waals surface area contributed by atoms with E-state index in [0.717, 1.165) is 51.7 Å². The van der Waals surface area contributed by atoms with Crippen LogP contribution in [-0.2, 0) is 10.0 Å². The predicted molar refractivity (Wildman–Crippen MR) is 136 cm³/mol. The molecule has 0 aliphatic carbocycles. The summed E-state index contributed by atoms with van der Waals surface area (Å²) in [5, 5.41) is 3.34. The number of hydrogen-bond donors (Lipinski definition) is 2. The van der Waals surface area contributed by atoms with Crippen molar-refractivity contribution in [3.63, 3.8) is 0 Å². The van der Waals surface area contributed by atoms with Crippen LogP contribution in [0.1, 0.15) is 63.2 Å². The fourth-order valence-corrected chi connectivity index (χ4v) is 6.29. The molecule has 1 fully saturated rings. The smallest absolute Gasteiger partial charge is 0.252 e. The van der Waals surface area contributed by atoms with Gasteiger partial charge in [0.1, 0.15) is 0 Å². The van der Waals surface area contributed by atoms with Gasteiger partial charge in [-0.1, -0.05) is 20.8 Å². The first kappa shape index (κ1) is 26.4. The fourth-order valence-electron chi connectivity index (χ4n) is 4.66. The van der Waals surface area contributed by atoms with Crippen molar-refractivity contribution in [2.45, 2.75) is 57.8 Å². The summed E-state index contributed by atoms with van der Waals surface area (Å²) in [6, 6.07) is 5.84. The molecule has 1 saturated heterocycles. The Labute approximate surface area is 202 Å². The van der Waals surface area contributed by atoms with Gasteiger partial charge in [-0.3, -0.25) is 9.59 Å². The van der Waals surface area contributed by atoms with Gasteiger partial charge in [0, 0.05) is 36.6 Å². The number of piperidine rings is 1. The fraction of sp³-hybridized carbons (Fsp3) is 0.600. The summed E-state index contributed by atoms with van der Waals surface area (Å²) >= 11 is 0. The van der Waals surface area contributed by atoms with Gasteiger partial charge in [-0.25, -0.2) is 8.42 Å². The van der Waals surface area contributed by atoms with Crippen LogP contribution in [0.2, 0.25) is 0 Å². The zero-order valence-corrected chi connectivity index (χ0v) is 21.4. The summed E-state index contributed by atoms with van der Waals surface area (Å²) in [5.41, 5.74) is 0.248. The van der Waals surface area contributed by atoms with E-state index in [-0.39, 0.29) is 16.4 Å². The van der Waals surface area contributed by atoms with E-state index < -0.39 is 15.6 Å². The van der Waals surface area contributed by atoms with E-state index in [0.29, 0.717) is 36.5 Å². The molecule has 1 aromatic heterocycles. The van der Waals surface area contributed by atoms with Crippen LogP contribution in [0.5, 0.6) is 0 Å². The van der Waals surface area contributed by atoms with Crippen LogP contribution in [0, 0.1) is 5.92 Å². The SMILES string of the molecule is CCCN(CCC)CCCNC(=O)c1cc(=O)[nH]c2ccc(S(=O)(=O)N3CCCC(C)C3)cc12. The third-order valence-corrected chi connectivity index (χ3v) is 8.19. The highest BCUT2D eigenvalue weighted by molar-refractivity contribution is 7.89. The number of nitrogens with zero attached hydrogens (tertiary/aromatic N) is 2. The molecule has 0 radical (unpaired) electrons. The van der Waals surface area contributed by atoms with Crippen molar-refractivity contribution in [2.75, 3.05) is 39.3 Å². The van der Waals surface area contributed by atoms with Crippen molar-refractivity contribution >= 4 is 26.8 Å². The van der Waals surface area contributed by atoms with Crippen molar-refractivity contribution in [3.8, 4) is 0 Å². The highest BCUT2D eigenvalue weighted by Gasteiger charge is 2.29. The number of rotatable bonds is 11. The Kier molecular flexibility index (Phi) is 9.27. The molecule has 1 amide bonds. The van der Waals surface area contributed by atoms with Gasteiger partial charge in [0.15, 0.2) is 0 Å². The molecule has 0 spiro atoms. The second-order valence-corrected chi connectivity index (χ2v) is 11.3. The van der Waals surface area contributed by atoms with E-state index in [9.17, 15) is 18.0 Å². The number of pyridine rings is 1. The van der Waals surface area contributed by atoms with Crippen molar-refractivity contribution in [1.82, 2.24) is 19.5 Å². The minimum absolute atomic E-state index is 0.143. The first-order valence-corrected chi connectivity index (χ1v) is 13.9. The molecule has 2 aromatic rings. The molecule has 0 bridgehead atoms. The monoisotopic (exact) mass is 490 g/mol. The summed E-state index contributed by atoms with van der Waals surface area (Å²) in [6.45, 7) is 10.8. The van der Waals surface area contributed by atoms with Gasteiger partial charge in [0.25, 0.3) is 5.91 Å². The van der Waals surface area contributed by atoms with E-state index in [1.807, 2.05) is 0 Å². The Hall–Kier alpha value is -2.23. The van der Waals surface area contributed by atoms with Gasteiger partial charge in [-0.2, -0.15) is 4.31 Å². The zero-order valence-electron chi connectivity index (χ0n) is 20.6. The van der Waals surface area contributed by atoms with Crippen molar-refractivity contribution < 1.29 is 13.2 Å². The highest BCUT2D eigenvalue weighted by Crippen LogP contribution is 2.26. The van der Waals surface area contributed by atoms with E-state index in [1.165, 1.54) is 22.5 Å². The number of fused-ring (bicyclic) bond motifs is 1. The van der Waals surface area contributed by atoms with Crippen molar-refractivity contribution in [3.05, 3.63) is 40.2 Å². The summed E-state index contributed by atoms with van der Waals surface area (Å²) < 4.78 is 28.0. The van der Waals surface area contributed by atoms with Crippen LogP contribution < -0.4 is 10.9 Å². The van der Waals surface area contributed by atoms with Crippen LogP contribution >= 0.6 is 0 Å². The van der Waals surface area contributed by atoms with Crippen LogP contribution in [-0.4, -0.2) is 67.8 Å². The molecule has 34 heavy (non-hydrogen) atoms. The Morgan fingerprint density at radius 2 is 1.91 bits per heavy atom. The number of nitrogens with one attached hydrogen (secondary N) is 2. The lowest BCUT2D eigenvalue weighted by molar-refractivity contribution is 0.0953. The lowest BCUT2D eigenvalue weighted by atomic mass is 10.0. The van der Waals surface area contributed by atoms with Crippen molar-refractivity contribution in [2.24, 2.45) is 5.92 Å². The average Bonchev–Trinajstić information content (AvgIpc) is 2.81. The molecular formula is C25H38N4O4S. The topological polar surface area (TPSA) is 103 Å². The molecule has 2 N–H and O–H groups in total. The first-order chi connectivity index (χ1) is 16.3. The zero-order chi connectivity index (χ0) is 24.7. The molecule has 0 saturated carbocycles. The summed E-state index contributed by atoms with van der Waals surface area (Å²) in [7, 11) is -3.68. The number of amides is 1. The standard InChI is InChI=1S/C25H38N4O4S/c1-4-12-28(13-5-2)14-7-11-26-25(31)22-17-24(30)27-23-10-9-20(16-21(22)23)34(32,33)29-15-6-8-19(3)18-29/h9-10,16-17,19H,4-8,11-15,18H2,1-3H3,(H,26,31)(H,27,30). The van der Waals surface area contributed by atoms with Crippen LogP contribution in [0.15, 0.2) is 34.0 Å². The third-order valence-electron chi connectivity index (χ3n) is 6.33. The third kappa shape index (κ3) is 6.46. The Balaban J connectivity index is 1.79. The second-order valence-electron chi connectivity index (χ2n) is 9.32. The minimum Gasteiger partial charge on any atom is -0.352 e. The number of carbonyl (C=O) groups excluding carboxylic acids is 1. The van der Waals surface area contributed by atoms with Crippen LogP contribution in [0.25, 0.3) is 10.9 Å². The Morgan fingerprint density at radius 1 is 1.18 bits per heavy atom. The van der Waals surface area contributed by atoms with Gasteiger partial charge < -0.3 is 15.2 Å². The van der Waals surface area contributed by atoms with Gasteiger partial charge in [0.05, 0.1) is 10.5 Å². The Bertz CT molecular complexity index is 1140. The predicted octanol–water partition coefficient (Wildman–Crippen LogP) is 3.19. The number of aromatic amines is 1. The maximum atomic E-state index is 13.3. The van der Waals surface area contributed by atoms with Gasteiger partial charge in [-0.05, 0) is 75.9 Å². The van der Waals surface area contributed by atoms with E-state index in [4.69, 9.17) is 0 Å². The van der Waals surface area contributed by atoms with E-state index >= 15 is 0 Å². The number of hydrogen-bond acceptors (Lipinski definition) is 5. The summed E-state index contributed by atoms with van der Waals surface area (Å²) in [4.78, 5) is 30.4. The number of aromatic nitrogens is 1. The molecular weight excluding hydrogens is 452 g/mol. The molecule has 8 nitrogen and oxygen atoms in total. The van der Waals surface area contributed by atoms with Gasteiger partial charge >= 0.3 is 0 Å². The summed E-state index contributed by atoms with van der Waals surface area (Å²) in [6.07, 6.45) is 4.84. The molecule has 1 atom stereocenters. The molecule has 9 heteroatoms. The molecule has 3 rings (SSSR count). The summed E-state index contributed by atoms with van der Waals surface area (Å²) in [5.74, 6) is -0.0537. The highest BCUT2D eigenvalue weighted by atomic mass is 32.2. The maximum absolute atomic E-state index is 13.3. The maximum Gasteiger partial charge on any atom is 0.252 e. The van der Waals surface area contributed by atoms with Crippen molar-refractivity contribution in [1.29, 1.82) is 0 Å². The molecule has 1 unspecified atom stereocenters. The number of benzene rings is 1. The first-order valence-electron chi connectivity index (χ1n) is 12.4. The molecule has 2 heterocycles. The number of H-pyrrole nitrogens is 1. The average molecular weight is 491 g/mol. The lowest BCUT2D eigenvalue weighted by Gasteiger charge is -2.30. The molecule has 1 aromatic carbocycles. The van der Waals surface area contributed by atoms with Crippen LogP contribution in [0.4, 0.5) is 0 Å². The van der Waals surface area contributed by atoms with E-state index in [1.54, 1.807) is 6.07 Å². The molecule has 1 aliphatic rings. The quantitative estimate of drug-likeness (QED) is 0.471. The molecule has 188 valence electrons. The van der Waals surface area contributed by atoms with E-state index in [2.05, 4.69) is 36.0 Å². The normalized spacial score (nSPS) is 17.4. The second kappa shape index (κ2) is 12.0. The Morgan fingerprint density at radius 3 is 2.59 bits per heavy atom. The lowest BCUT2D eigenvalue weighted by Crippen LogP contribution is -2.39. The number of carbonyl (C=O) groups is 1. The van der Waals surface area contributed by atoms with Crippen LogP contribution in [0.3, 0.4) is 0 Å². The van der Waals surface area contributed by atoms with Gasteiger partial charge in [-0.15, -0.1) is 0 Å².